The van der Waals surface area contributed by atoms with E-state index in [0.29, 0.717) is 12.5 Å². The molecule has 0 saturated carbocycles. The Kier molecular flexibility index (Phi) is 4.50. The highest BCUT2D eigenvalue weighted by atomic mass is 16.2. The molecule has 0 spiro atoms. The molecule has 16 heavy (non-hydrogen) atoms. The zero-order chi connectivity index (χ0) is 12.1. The summed E-state index contributed by atoms with van der Waals surface area (Å²) < 4.78 is 0. The van der Waals surface area contributed by atoms with Gasteiger partial charge in [-0.25, -0.2) is 0 Å². The van der Waals surface area contributed by atoms with Crippen LogP contribution in [0, 0.1) is 0 Å². The van der Waals surface area contributed by atoms with Gasteiger partial charge in [0.2, 0.25) is 5.91 Å². The van der Waals surface area contributed by atoms with Crippen molar-refractivity contribution in [2.45, 2.75) is 19.8 Å². The van der Waals surface area contributed by atoms with Crippen LogP contribution in [0.2, 0.25) is 0 Å². The molecule has 0 aliphatic heterocycles. The van der Waals surface area contributed by atoms with Gasteiger partial charge >= 0.3 is 0 Å². The van der Waals surface area contributed by atoms with Crippen molar-refractivity contribution >= 4 is 11.6 Å². The van der Waals surface area contributed by atoms with Crippen LogP contribution in [-0.2, 0) is 4.79 Å². The number of amides is 1. The van der Waals surface area contributed by atoms with Crippen LogP contribution in [0.1, 0.15) is 25.3 Å². The van der Waals surface area contributed by atoms with Crippen LogP contribution in [0.25, 0.3) is 0 Å². The van der Waals surface area contributed by atoms with Gasteiger partial charge in [-0.05, 0) is 31.6 Å². The van der Waals surface area contributed by atoms with Crippen LogP contribution in [0.4, 0.5) is 5.69 Å². The average Bonchev–Trinajstić information content (AvgIpc) is 2.16. The normalized spacial score (nSPS) is 10.9. The molecular formula is C13H20N2O. The second-order valence-corrected chi connectivity index (χ2v) is 4.53. The van der Waals surface area contributed by atoms with E-state index in [4.69, 9.17) is 0 Å². The SMILES string of the molecule is CC(C)c1ccccc1NC(=O)CN(C)C. The Labute approximate surface area is 97.5 Å². The van der Waals surface area contributed by atoms with Crippen molar-refractivity contribution in [3.8, 4) is 0 Å². The molecular weight excluding hydrogens is 200 g/mol. The predicted octanol–water partition coefficient (Wildman–Crippen LogP) is 2.31. The minimum Gasteiger partial charge on any atom is -0.325 e. The maximum atomic E-state index is 11.6. The summed E-state index contributed by atoms with van der Waals surface area (Å²) in [5.41, 5.74) is 2.10. The lowest BCUT2D eigenvalue weighted by Crippen LogP contribution is -2.27. The quantitative estimate of drug-likeness (QED) is 0.844. The fraction of sp³-hybridized carbons (Fsp3) is 0.462. The van der Waals surface area contributed by atoms with Gasteiger partial charge < -0.3 is 10.2 Å². The molecule has 0 radical (unpaired) electrons. The molecule has 1 N–H and O–H groups in total. The Morgan fingerprint density at radius 2 is 1.94 bits per heavy atom. The van der Waals surface area contributed by atoms with Gasteiger partial charge in [-0.2, -0.15) is 0 Å². The lowest BCUT2D eigenvalue weighted by atomic mass is 10.0. The molecule has 0 aliphatic rings. The summed E-state index contributed by atoms with van der Waals surface area (Å²) in [5, 5.41) is 2.94. The number of para-hydroxylation sites is 1. The fourth-order valence-electron chi connectivity index (χ4n) is 1.59. The zero-order valence-corrected chi connectivity index (χ0v) is 10.4. The molecule has 3 heteroatoms. The van der Waals surface area contributed by atoms with Crippen LogP contribution in [0.15, 0.2) is 24.3 Å². The van der Waals surface area contributed by atoms with Crippen molar-refractivity contribution in [3.63, 3.8) is 0 Å². The summed E-state index contributed by atoms with van der Waals surface area (Å²) in [6, 6.07) is 7.94. The minimum atomic E-state index is 0.0260. The lowest BCUT2D eigenvalue weighted by Gasteiger charge is -2.15. The standard InChI is InChI=1S/C13H20N2O/c1-10(2)11-7-5-6-8-12(11)14-13(16)9-15(3)4/h5-8,10H,9H2,1-4H3,(H,14,16). The summed E-state index contributed by atoms with van der Waals surface area (Å²) in [7, 11) is 3.77. The number of carbonyl (C=O) groups is 1. The van der Waals surface area contributed by atoms with Gasteiger partial charge in [-0.1, -0.05) is 32.0 Å². The van der Waals surface area contributed by atoms with Gasteiger partial charge in [0.05, 0.1) is 6.54 Å². The second kappa shape index (κ2) is 5.66. The Morgan fingerprint density at radius 3 is 2.50 bits per heavy atom. The molecule has 1 aromatic rings. The number of nitrogens with zero attached hydrogens (tertiary/aromatic N) is 1. The van der Waals surface area contributed by atoms with E-state index < -0.39 is 0 Å². The maximum absolute atomic E-state index is 11.6. The smallest absolute Gasteiger partial charge is 0.238 e. The summed E-state index contributed by atoms with van der Waals surface area (Å²) in [6.45, 7) is 4.65. The molecule has 0 atom stereocenters. The predicted molar refractivity (Wildman–Crippen MR) is 67.7 cm³/mol. The van der Waals surface area contributed by atoms with E-state index in [2.05, 4.69) is 25.2 Å². The average molecular weight is 220 g/mol. The van der Waals surface area contributed by atoms with Crippen molar-refractivity contribution < 1.29 is 4.79 Å². The number of benzene rings is 1. The third-order valence-corrected chi connectivity index (χ3v) is 2.32. The Balaban J connectivity index is 2.77. The molecule has 1 amide bonds. The second-order valence-electron chi connectivity index (χ2n) is 4.53. The first kappa shape index (κ1) is 12.7. The van der Waals surface area contributed by atoms with Gasteiger partial charge in [0, 0.05) is 5.69 Å². The van der Waals surface area contributed by atoms with Crippen molar-refractivity contribution in [1.29, 1.82) is 0 Å². The first-order chi connectivity index (χ1) is 7.50. The topological polar surface area (TPSA) is 32.3 Å². The highest BCUT2D eigenvalue weighted by Crippen LogP contribution is 2.23. The summed E-state index contributed by atoms with van der Waals surface area (Å²) >= 11 is 0. The van der Waals surface area contributed by atoms with Crippen LogP contribution < -0.4 is 5.32 Å². The monoisotopic (exact) mass is 220 g/mol. The fourth-order valence-corrected chi connectivity index (χ4v) is 1.59. The maximum Gasteiger partial charge on any atom is 0.238 e. The number of likely N-dealkylation sites (N-methyl/N-ethyl adjacent to an activating group) is 1. The third-order valence-electron chi connectivity index (χ3n) is 2.32. The van der Waals surface area contributed by atoms with Crippen molar-refractivity contribution in [2.24, 2.45) is 0 Å². The molecule has 3 nitrogen and oxygen atoms in total. The van der Waals surface area contributed by atoms with E-state index in [-0.39, 0.29) is 5.91 Å². The molecule has 0 heterocycles. The molecule has 88 valence electrons. The molecule has 0 aromatic heterocycles. The summed E-state index contributed by atoms with van der Waals surface area (Å²) in [5.74, 6) is 0.439. The number of rotatable bonds is 4. The van der Waals surface area contributed by atoms with Gasteiger partial charge in [0.1, 0.15) is 0 Å². The summed E-state index contributed by atoms with van der Waals surface area (Å²) in [4.78, 5) is 13.5. The van der Waals surface area contributed by atoms with Crippen LogP contribution >= 0.6 is 0 Å². The molecule has 0 aliphatic carbocycles. The molecule has 0 unspecified atom stereocenters. The molecule has 0 fully saturated rings. The number of hydrogen-bond donors (Lipinski definition) is 1. The molecule has 1 aromatic carbocycles. The van der Waals surface area contributed by atoms with Gasteiger partial charge in [0.15, 0.2) is 0 Å². The Bertz CT molecular complexity index is 359. The minimum absolute atomic E-state index is 0.0260. The van der Waals surface area contributed by atoms with Crippen LogP contribution in [0.3, 0.4) is 0 Å². The van der Waals surface area contributed by atoms with E-state index >= 15 is 0 Å². The highest BCUT2D eigenvalue weighted by molar-refractivity contribution is 5.93. The van der Waals surface area contributed by atoms with Crippen molar-refractivity contribution in [1.82, 2.24) is 4.90 Å². The van der Waals surface area contributed by atoms with Crippen LogP contribution in [0.5, 0.6) is 0 Å². The van der Waals surface area contributed by atoms with Gasteiger partial charge in [-0.3, -0.25) is 4.79 Å². The van der Waals surface area contributed by atoms with E-state index in [1.165, 1.54) is 5.56 Å². The van der Waals surface area contributed by atoms with Crippen molar-refractivity contribution in [3.05, 3.63) is 29.8 Å². The van der Waals surface area contributed by atoms with E-state index in [1.807, 2.05) is 37.2 Å². The van der Waals surface area contributed by atoms with Crippen molar-refractivity contribution in [2.75, 3.05) is 26.0 Å². The van der Waals surface area contributed by atoms with Crippen LogP contribution in [-0.4, -0.2) is 31.4 Å². The largest absolute Gasteiger partial charge is 0.325 e. The third kappa shape index (κ3) is 3.66. The highest BCUT2D eigenvalue weighted by Gasteiger charge is 2.09. The molecule has 1 rings (SSSR count). The Morgan fingerprint density at radius 1 is 1.31 bits per heavy atom. The number of nitrogens with one attached hydrogen (secondary N) is 1. The van der Waals surface area contributed by atoms with E-state index in [1.54, 1.807) is 0 Å². The zero-order valence-electron chi connectivity index (χ0n) is 10.4. The van der Waals surface area contributed by atoms with Gasteiger partial charge in [-0.15, -0.1) is 0 Å². The van der Waals surface area contributed by atoms with Gasteiger partial charge in [0.25, 0.3) is 0 Å². The van der Waals surface area contributed by atoms with E-state index in [9.17, 15) is 4.79 Å². The summed E-state index contributed by atoms with van der Waals surface area (Å²) in [6.07, 6.45) is 0. The number of anilines is 1. The number of hydrogen-bond acceptors (Lipinski definition) is 2. The first-order valence-corrected chi connectivity index (χ1v) is 5.54. The first-order valence-electron chi connectivity index (χ1n) is 5.54. The van der Waals surface area contributed by atoms with E-state index in [0.717, 1.165) is 5.69 Å². The molecule has 0 saturated heterocycles. The Hall–Kier alpha value is -1.35. The molecule has 0 bridgehead atoms. The number of carbonyl (C=O) groups excluding carboxylic acids is 1. The lowest BCUT2D eigenvalue weighted by molar-refractivity contribution is -0.116.